The highest BCUT2D eigenvalue weighted by molar-refractivity contribution is 7.99. The molecule has 2 aliphatic heterocycles. The van der Waals surface area contributed by atoms with E-state index in [-0.39, 0.29) is 18.5 Å². The Balaban J connectivity index is 2.22. The molecule has 3 unspecified atom stereocenters. The van der Waals surface area contributed by atoms with E-state index in [1.807, 2.05) is 11.9 Å². The summed E-state index contributed by atoms with van der Waals surface area (Å²) in [5, 5.41) is 36.8. The number of nitrogens with two attached hydrogens (primary N) is 1. The number of aliphatic hydroxyl groups is 3. The third-order valence-electron chi connectivity index (χ3n) is 6.25. The first-order chi connectivity index (χ1) is 14.6. The van der Waals surface area contributed by atoms with E-state index in [1.165, 1.54) is 11.8 Å². The smallest absolute Gasteiger partial charge is 0.237 e. The topological polar surface area (TPSA) is 157 Å². The number of thioether (sulfide) groups is 1. The number of amides is 2. The highest BCUT2D eigenvalue weighted by Crippen LogP contribution is 2.30. The number of nitrogens with zero attached hydrogens (tertiary/aromatic N) is 1. The predicted octanol–water partition coefficient (Wildman–Crippen LogP) is -1.77. The molecule has 0 aromatic carbocycles. The summed E-state index contributed by atoms with van der Waals surface area (Å²) in [4.78, 5) is 27.1. The first kappa shape index (κ1) is 26.3. The van der Waals surface area contributed by atoms with Crippen LogP contribution in [0, 0.1) is 5.92 Å². The standard InChI is InChI=1S/C20H38N4O6S/c1-5-6-11-7-12(24(3)9-11)19(29)23-14(10(2)22-13(25)8-21)18-16(27)15(26)17(28)20(30-18)31-4/h10-12,14-18,20,26-28H,5-9,21H2,1-4H3,(H,22,25)(H,23,29)/t10?,11-,12+,14-,15-,16?,17-,18-,20?/m1/s1. The summed E-state index contributed by atoms with van der Waals surface area (Å²) in [5.74, 6) is -0.204. The second-order valence-electron chi connectivity index (χ2n) is 8.62. The normalized spacial score (nSPS) is 36.1. The van der Waals surface area contributed by atoms with Gasteiger partial charge in [-0.25, -0.2) is 0 Å². The SMILES string of the molecule is CCC[C@@H]1C[C@@H](C(=O)N[C@H](C(C)NC(=O)CN)[C@H]2OC(SC)[C@H](O)[C@H](O)C2O)N(C)C1. The lowest BCUT2D eigenvalue weighted by Gasteiger charge is -2.45. The van der Waals surface area contributed by atoms with Gasteiger partial charge in [0.05, 0.1) is 18.6 Å². The Morgan fingerprint density at radius 1 is 1.23 bits per heavy atom. The van der Waals surface area contributed by atoms with Gasteiger partial charge < -0.3 is 36.4 Å². The molecule has 11 heteroatoms. The molecule has 0 aromatic rings. The van der Waals surface area contributed by atoms with Crippen molar-refractivity contribution in [1.82, 2.24) is 15.5 Å². The zero-order valence-electron chi connectivity index (χ0n) is 18.7. The molecule has 2 saturated heterocycles. The lowest BCUT2D eigenvalue weighted by atomic mass is 9.90. The summed E-state index contributed by atoms with van der Waals surface area (Å²) in [6.45, 7) is 4.41. The van der Waals surface area contributed by atoms with Crippen molar-refractivity contribution in [3.8, 4) is 0 Å². The number of rotatable bonds is 9. The summed E-state index contributed by atoms with van der Waals surface area (Å²) in [6, 6.07) is -1.81. The zero-order chi connectivity index (χ0) is 23.3. The molecule has 0 spiro atoms. The lowest BCUT2D eigenvalue weighted by Crippen LogP contribution is -2.67. The first-order valence-corrected chi connectivity index (χ1v) is 12.2. The van der Waals surface area contributed by atoms with Crippen LogP contribution in [0.25, 0.3) is 0 Å². The quantitative estimate of drug-likeness (QED) is 0.233. The van der Waals surface area contributed by atoms with E-state index in [1.54, 1.807) is 13.2 Å². The van der Waals surface area contributed by atoms with Crippen LogP contribution in [-0.4, -0.2) is 106 Å². The number of hydrogen-bond donors (Lipinski definition) is 6. The van der Waals surface area contributed by atoms with E-state index < -0.39 is 47.8 Å². The van der Waals surface area contributed by atoms with Crippen LogP contribution < -0.4 is 16.4 Å². The van der Waals surface area contributed by atoms with E-state index in [0.29, 0.717) is 5.92 Å². The molecule has 2 fully saturated rings. The second kappa shape index (κ2) is 11.8. The minimum absolute atomic E-state index is 0.224. The van der Waals surface area contributed by atoms with Gasteiger partial charge in [-0.1, -0.05) is 13.3 Å². The second-order valence-corrected chi connectivity index (χ2v) is 9.55. The summed E-state index contributed by atoms with van der Waals surface area (Å²) >= 11 is 1.19. The maximum Gasteiger partial charge on any atom is 0.237 e. The van der Waals surface area contributed by atoms with E-state index in [0.717, 1.165) is 25.8 Å². The molecular formula is C20H38N4O6S. The molecule has 31 heavy (non-hydrogen) atoms. The van der Waals surface area contributed by atoms with Gasteiger partial charge in [0.1, 0.15) is 29.9 Å². The molecule has 0 radical (unpaired) electrons. The molecule has 0 aliphatic carbocycles. The molecule has 7 N–H and O–H groups in total. The maximum atomic E-state index is 13.2. The molecule has 2 amide bonds. The average molecular weight is 463 g/mol. The number of aliphatic hydroxyl groups excluding tert-OH is 3. The summed E-state index contributed by atoms with van der Waals surface area (Å²) in [6.07, 6.45) is -0.667. The Hall–Kier alpha value is -0.950. The van der Waals surface area contributed by atoms with Crippen LogP contribution in [0.15, 0.2) is 0 Å². The third kappa shape index (κ3) is 6.31. The number of nitrogens with one attached hydrogen (secondary N) is 2. The molecule has 0 saturated carbocycles. The minimum Gasteiger partial charge on any atom is -0.388 e. The van der Waals surface area contributed by atoms with Crippen LogP contribution in [0.5, 0.6) is 0 Å². The molecule has 2 aliphatic rings. The Morgan fingerprint density at radius 2 is 1.90 bits per heavy atom. The Bertz CT molecular complexity index is 612. The fourth-order valence-electron chi connectivity index (χ4n) is 4.55. The van der Waals surface area contributed by atoms with Crippen molar-refractivity contribution in [2.24, 2.45) is 11.7 Å². The molecular weight excluding hydrogens is 424 g/mol. The number of hydrogen-bond acceptors (Lipinski definition) is 9. The van der Waals surface area contributed by atoms with Gasteiger partial charge >= 0.3 is 0 Å². The van der Waals surface area contributed by atoms with Gasteiger partial charge in [0.2, 0.25) is 11.8 Å². The molecule has 180 valence electrons. The van der Waals surface area contributed by atoms with Crippen molar-refractivity contribution < 1.29 is 29.6 Å². The van der Waals surface area contributed by atoms with Crippen molar-refractivity contribution in [1.29, 1.82) is 0 Å². The predicted molar refractivity (Wildman–Crippen MR) is 118 cm³/mol. The number of likely N-dealkylation sites (N-methyl/N-ethyl adjacent to an activating group) is 1. The fraction of sp³-hybridized carbons (Fsp3) is 0.900. The Morgan fingerprint density at radius 3 is 2.48 bits per heavy atom. The highest BCUT2D eigenvalue weighted by Gasteiger charge is 2.48. The Kier molecular flexibility index (Phi) is 9.99. The molecule has 2 heterocycles. The van der Waals surface area contributed by atoms with E-state index in [2.05, 4.69) is 17.6 Å². The van der Waals surface area contributed by atoms with Crippen molar-refractivity contribution in [3.63, 3.8) is 0 Å². The van der Waals surface area contributed by atoms with Crippen molar-refractivity contribution in [3.05, 3.63) is 0 Å². The van der Waals surface area contributed by atoms with Crippen LogP contribution >= 0.6 is 11.8 Å². The van der Waals surface area contributed by atoms with Gasteiger partial charge in [-0.3, -0.25) is 14.5 Å². The van der Waals surface area contributed by atoms with Gasteiger partial charge in [-0.2, -0.15) is 0 Å². The van der Waals surface area contributed by atoms with E-state index >= 15 is 0 Å². The van der Waals surface area contributed by atoms with Crippen LogP contribution in [0.4, 0.5) is 0 Å². The minimum atomic E-state index is -1.45. The van der Waals surface area contributed by atoms with E-state index in [9.17, 15) is 24.9 Å². The number of carbonyl (C=O) groups is 2. The molecule has 10 nitrogen and oxygen atoms in total. The van der Waals surface area contributed by atoms with Crippen LogP contribution in [0.1, 0.15) is 33.1 Å². The van der Waals surface area contributed by atoms with Crippen LogP contribution in [-0.2, 0) is 14.3 Å². The summed E-state index contributed by atoms with van der Waals surface area (Å²) < 4.78 is 5.87. The first-order valence-electron chi connectivity index (χ1n) is 10.9. The van der Waals surface area contributed by atoms with Crippen molar-refractivity contribution in [2.45, 2.75) is 81.1 Å². The third-order valence-corrected chi connectivity index (χ3v) is 7.10. The largest absolute Gasteiger partial charge is 0.388 e. The monoisotopic (exact) mass is 462 g/mol. The van der Waals surface area contributed by atoms with Crippen LogP contribution in [0.2, 0.25) is 0 Å². The molecule has 0 aromatic heterocycles. The van der Waals surface area contributed by atoms with Gasteiger partial charge in [-0.05, 0) is 39.0 Å². The Labute approximate surface area is 188 Å². The number of likely N-dealkylation sites (tertiary alicyclic amines) is 1. The average Bonchev–Trinajstić information content (AvgIpc) is 3.11. The van der Waals surface area contributed by atoms with Crippen LogP contribution in [0.3, 0.4) is 0 Å². The van der Waals surface area contributed by atoms with Crippen molar-refractivity contribution >= 4 is 23.6 Å². The number of carbonyl (C=O) groups excluding carboxylic acids is 2. The lowest BCUT2D eigenvalue weighted by molar-refractivity contribution is -0.207. The highest BCUT2D eigenvalue weighted by atomic mass is 32.2. The van der Waals surface area contributed by atoms with Gasteiger partial charge in [0, 0.05) is 12.6 Å². The van der Waals surface area contributed by atoms with Gasteiger partial charge in [0.25, 0.3) is 0 Å². The van der Waals surface area contributed by atoms with E-state index in [4.69, 9.17) is 10.5 Å². The van der Waals surface area contributed by atoms with Crippen molar-refractivity contribution in [2.75, 3.05) is 26.4 Å². The number of ether oxygens (including phenoxy) is 1. The molecule has 2 rings (SSSR count). The van der Waals surface area contributed by atoms with Gasteiger partial charge in [-0.15, -0.1) is 11.8 Å². The molecule has 9 atom stereocenters. The maximum absolute atomic E-state index is 13.2. The van der Waals surface area contributed by atoms with Gasteiger partial charge in [0.15, 0.2) is 0 Å². The fourth-order valence-corrected chi connectivity index (χ4v) is 5.23. The summed E-state index contributed by atoms with van der Waals surface area (Å²) in [7, 11) is 1.91. The zero-order valence-corrected chi connectivity index (χ0v) is 19.5. The summed E-state index contributed by atoms with van der Waals surface area (Å²) in [5.41, 5.74) is 4.62. The molecule has 0 bridgehead atoms.